The number of aromatic hydroxyl groups is 1. The number of amides is 3. The van der Waals surface area contributed by atoms with Crippen LogP contribution in [0.25, 0.3) is 0 Å². The number of hydrogen-bond donors (Lipinski definition) is 6. The molecule has 11 heteroatoms. The third-order valence-corrected chi connectivity index (χ3v) is 6.26. The van der Waals surface area contributed by atoms with E-state index in [-0.39, 0.29) is 42.2 Å². The number of anilines is 2. The molecule has 11 nitrogen and oxygen atoms in total. The third kappa shape index (κ3) is 9.82. The van der Waals surface area contributed by atoms with E-state index in [0.717, 1.165) is 5.56 Å². The molecule has 1 aliphatic rings. The van der Waals surface area contributed by atoms with Gasteiger partial charge in [-0.25, -0.2) is 0 Å². The quantitative estimate of drug-likeness (QED) is 0.163. The van der Waals surface area contributed by atoms with Crippen molar-refractivity contribution in [3.63, 3.8) is 0 Å². The number of fused-ring (bicyclic) bond motifs is 1. The molecule has 0 fully saturated rings. The van der Waals surface area contributed by atoms with Crippen LogP contribution >= 0.6 is 0 Å². The molecule has 3 amide bonds. The average Bonchev–Trinajstić information content (AvgIpc) is 2.84. The number of carbonyl (C=O) groups is 3. The second-order valence-electron chi connectivity index (χ2n) is 11.9. The Bertz CT molecular complexity index is 1210. The first kappa shape index (κ1) is 30.9. The number of quaternary nitrogens is 1. The zero-order chi connectivity index (χ0) is 29.5. The summed E-state index contributed by atoms with van der Waals surface area (Å²) in [5, 5.41) is 32.6. The number of likely N-dealkylation sites (N-methyl/N-ethyl adjacent to an activating group) is 1. The second kappa shape index (κ2) is 13.1. The minimum absolute atomic E-state index is 0.0299. The Kier molecular flexibility index (Phi) is 10.1. The van der Waals surface area contributed by atoms with E-state index in [4.69, 9.17) is 4.74 Å². The van der Waals surface area contributed by atoms with Crippen molar-refractivity contribution in [1.82, 2.24) is 10.6 Å². The Morgan fingerprint density at radius 1 is 1.12 bits per heavy atom. The molecule has 2 aromatic rings. The van der Waals surface area contributed by atoms with Crippen molar-refractivity contribution in [2.75, 3.05) is 58.0 Å². The van der Waals surface area contributed by atoms with Crippen LogP contribution in [0.15, 0.2) is 36.4 Å². The maximum atomic E-state index is 12.3. The Morgan fingerprint density at radius 3 is 2.50 bits per heavy atom. The first-order chi connectivity index (χ1) is 18.7. The number of phenolic OH excluding ortho intramolecular Hbond substituents is 1. The van der Waals surface area contributed by atoms with Gasteiger partial charge in [0.05, 0.1) is 32.9 Å². The molecule has 1 atom stereocenters. The highest BCUT2D eigenvalue weighted by Gasteiger charge is 2.26. The number of ether oxygens (including phenoxy) is 1. The molecule has 1 heterocycles. The van der Waals surface area contributed by atoms with Crippen LogP contribution in [0.3, 0.4) is 0 Å². The maximum absolute atomic E-state index is 12.3. The van der Waals surface area contributed by atoms with Gasteiger partial charge in [0, 0.05) is 42.4 Å². The summed E-state index contributed by atoms with van der Waals surface area (Å²) < 4.78 is 6.05. The van der Waals surface area contributed by atoms with Gasteiger partial charge in [0.15, 0.2) is 13.2 Å². The predicted molar refractivity (Wildman–Crippen MR) is 153 cm³/mol. The minimum Gasteiger partial charge on any atom is -0.508 e. The van der Waals surface area contributed by atoms with Crippen molar-refractivity contribution in [3.8, 4) is 11.5 Å². The van der Waals surface area contributed by atoms with Crippen molar-refractivity contribution >= 4 is 29.1 Å². The lowest BCUT2D eigenvalue weighted by molar-refractivity contribution is -0.862. The molecule has 0 aromatic heterocycles. The van der Waals surface area contributed by atoms with Crippen LogP contribution in [0.5, 0.6) is 11.5 Å². The van der Waals surface area contributed by atoms with E-state index in [1.165, 1.54) is 12.1 Å². The number of phenols is 1. The molecular weight excluding hydrogens is 514 g/mol. The summed E-state index contributed by atoms with van der Waals surface area (Å²) in [6, 6.07) is 10.4. The highest BCUT2D eigenvalue weighted by molar-refractivity contribution is 5.96. The van der Waals surface area contributed by atoms with Crippen LogP contribution < -0.4 is 26.0 Å². The van der Waals surface area contributed by atoms with Crippen molar-refractivity contribution in [1.29, 1.82) is 0 Å². The fourth-order valence-corrected chi connectivity index (χ4v) is 4.41. The number of hydrogen-bond acceptors (Lipinski definition) is 7. The van der Waals surface area contributed by atoms with E-state index in [9.17, 15) is 24.6 Å². The van der Waals surface area contributed by atoms with Crippen LogP contribution in [0.4, 0.5) is 11.4 Å². The number of aliphatic hydroxyl groups excluding tert-OH is 1. The molecule has 3 rings (SSSR count). The van der Waals surface area contributed by atoms with Crippen molar-refractivity contribution in [2.24, 2.45) is 0 Å². The van der Waals surface area contributed by atoms with Crippen LogP contribution in [0, 0.1) is 0 Å². The van der Waals surface area contributed by atoms with E-state index in [2.05, 4.69) is 21.3 Å². The lowest BCUT2D eigenvalue weighted by atomic mass is 9.94. The summed E-state index contributed by atoms with van der Waals surface area (Å²) in [7, 11) is 5.85. The Balaban J connectivity index is 1.45. The van der Waals surface area contributed by atoms with Gasteiger partial charge in [-0.2, -0.15) is 0 Å². The van der Waals surface area contributed by atoms with Crippen molar-refractivity contribution in [2.45, 2.75) is 44.8 Å². The van der Waals surface area contributed by atoms with Gasteiger partial charge in [0.1, 0.15) is 11.5 Å². The Labute approximate surface area is 235 Å². The SMILES string of the molecule is CC(C)(Cc1ccc(NC(=O)CCCNC(=O)C[N+](C)(C)C)cc1)NCC(O)c1cc(O)cc2c1OCC(=O)N2. The van der Waals surface area contributed by atoms with Gasteiger partial charge in [0.25, 0.3) is 11.8 Å². The summed E-state index contributed by atoms with van der Waals surface area (Å²) in [5.74, 6) is -0.182. The molecule has 6 N–H and O–H groups in total. The molecule has 0 aliphatic carbocycles. The maximum Gasteiger partial charge on any atom is 0.275 e. The molecule has 0 saturated heterocycles. The smallest absolute Gasteiger partial charge is 0.275 e. The molecule has 40 heavy (non-hydrogen) atoms. The average molecular weight is 557 g/mol. The van der Waals surface area contributed by atoms with Gasteiger partial charge in [-0.3, -0.25) is 14.4 Å². The molecule has 2 aromatic carbocycles. The summed E-state index contributed by atoms with van der Waals surface area (Å²) in [5.41, 5.74) is 2.09. The number of nitrogens with one attached hydrogen (secondary N) is 4. The van der Waals surface area contributed by atoms with Crippen LogP contribution in [-0.4, -0.2) is 85.3 Å². The molecular formula is C29H42N5O6+. The lowest BCUT2D eigenvalue weighted by Crippen LogP contribution is -2.44. The van der Waals surface area contributed by atoms with E-state index in [1.807, 2.05) is 59.3 Å². The van der Waals surface area contributed by atoms with E-state index >= 15 is 0 Å². The summed E-state index contributed by atoms with van der Waals surface area (Å²) in [4.78, 5) is 35.8. The Hall–Kier alpha value is -3.67. The molecule has 0 saturated carbocycles. The number of carbonyl (C=O) groups excluding carboxylic acids is 3. The molecule has 1 aliphatic heterocycles. The van der Waals surface area contributed by atoms with Crippen LogP contribution in [0.2, 0.25) is 0 Å². The van der Waals surface area contributed by atoms with E-state index in [0.29, 0.717) is 59.5 Å². The fraction of sp³-hybridized carbons (Fsp3) is 0.483. The highest BCUT2D eigenvalue weighted by atomic mass is 16.5. The number of benzene rings is 2. The summed E-state index contributed by atoms with van der Waals surface area (Å²) in [6.45, 7) is 4.93. The van der Waals surface area contributed by atoms with Crippen molar-refractivity contribution < 1.29 is 33.8 Å². The molecule has 1 unspecified atom stereocenters. The highest BCUT2D eigenvalue weighted by Crippen LogP contribution is 2.38. The number of β-amino-alcohol motifs (C(OH)–C–C–N with tert-alkyl or cyclic N) is 1. The Morgan fingerprint density at radius 2 is 1.82 bits per heavy atom. The molecule has 218 valence electrons. The third-order valence-electron chi connectivity index (χ3n) is 6.26. The zero-order valence-corrected chi connectivity index (χ0v) is 24.0. The van der Waals surface area contributed by atoms with Crippen LogP contribution in [0.1, 0.15) is 43.9 Å². The first-order valence-electron chi connectivity index (χ1n) is 13.4. The number of nitrogens with zero attached hydrogens (tertiary/aromatic N) is 1. The van der Waals surface area contributed by atoms with Gasteiger partial charge in [-0.05, 0) is 50.5 Å². The van der Waals surface area contributed by atoms with Gasteiger partial charge < -0.3 is 40.7 Å². The van der Waals surface area contributed by atoms with Gasteiger partial charge in [-0.15, -0.1) is 0 Å². The largest absolute Gasteiger partial charge is 0.508 e. The summed E-state index contributed by atoms with van der Waals surface area (Å²) >= 11 is 0. The molecule has 0 radical (unpaired) electrons. The fourth-order valence-electron chi connectivity index (χ4n) is 4.41. The zero-order valence-electron chi connectivity index (χ0n) is 24.0. The van der Waals surface area contributed by atoms with E-state index < -0.39 is 6.10 Å². The topological polar surface area (TPSA) is 149 Å². The predicted octanol–water partition coefficient (Wildman–Crippen LogP) is 1.91. The van der Waals surface area contributed by atoms with Gasteiger partial charge in [0.2, 0.25) is 5.91 Å². The van der Waals surface area contributed by atoms with Crippen molar-refractivity contribution in [3.05, 3.63) is 47.5 Å². The number of rotatable bonds is 13. The van der Waals surface area contributed by atoms with Crippen LogP contribution in [-0.2, 0) is 20.8 Å². The van der Waals surface area contributed by atoms with Gasteiger partial charge >= 0.3 is 0 Å². The molecule has 0 bridgehead atoms. The lowest BCUT2D eigenvalue weighted by Gasteiger charge is -2.29. The van der Waals surface area contributed by atoms with E-state index in [1.54, 1.807) is 0 Å². The second-order valence-corrected chi connectivity index (χ2v) is 11.9. The first-order valence-corrected chi connectivity index (χ1v) is 13.4. The molecule has 0 spiro atoms. The normalized spacial score (nSPS) is 14.0. The standard InChI is InChI=1S/C29H41N5O6/c1-29(2,31-16-24(36)22-13-21(35)14-23-28(22)40-18-27(39)33-23)15-19-8-10-20(11-9-19)32-25(37)7-6-12-30-26(38)17-34(3,4)5/h8-11,13-14,24,31,36H,6-7,12,15-18H2,1-5H3,(H3-,30,32,33,35,37,38,39)/p+1. The van der Waals surface area contributed by atoms with Gasteiger partial charge in [-0.1, -0.05) is 12.1 Å². The monoisotopic (exact) mass is 556 g/mol. The number of aliphatic hydroxyl groups is 1. The minimum atomic E-state index is -0.973. The summed E-state index contributed by atoms with van der Waals surface area (Å²) in [6.07, 6.45) is 0.556.